The van der Waals surface area contributed by atoms with Crippen molar-refractivity contribution in [2.24, 2.45) is 0 Å². The lowest BCUT2D eigenvalue weighted by Crippen LogP contribution is -2.20. The van der Waals surface area contributed by atoms with Crippen LogP contribution in [0.15, 0.2) is 16.5 Å². The number of rotatable bonds is 7. The molecule has 2 heteroatoms. The van der Waals surface area contributed by atoms with E-state index in [1.807, 2.05) is 13.0 Å². The molecule has 1 N–H and O–H groups in total. The van der Waals surface area contributed by atoms with Crippen LogP contribution in [0, 0.1) is 6.92 Å². The molecule has 1 aromatic rings. The Morgan fingerprint density at radius 1 is 1.27 bits per heavy atom. The zero-order valence-electron chi connectivity index (χ0n) is 10.2. The highest BCUT2D eigenvalue weighted by molar-refractivity contribution is 5.09. The van der Waals surface area contributed by atoms with Crippen molar-refractivity contribution < 1.29 is 4.42 Å². The van der Waals surface area contributed by atoms with Gasteiger partial charge in [-0.15, -0.1) is 0 Å². The highest BCUT2D eigenvalue weighted by atomic mass is 16.3. The summed E-state index contributed by atoms with van der Waals surface area (Å²) in [6.07, 6.45) is 5.03. The van der Waals surface area contributed by atoms with Gasteiger partial charge in [-0.2, -0.15) is 0 Å². The van der Waals surface area contributed by atoms with E-state index in [1.165, 1.54) is 25.7 Å². The summed E-state index contributed by atoms with van der Waals surface area (Å²) < 4.78 is 5.67. The molecule has 0 aliphatic rings. The molecule has 0 fully saturated rings. The zero-order valence-corrected chi connectivity index (χ0v) is 10.2. The Hall–Kier alpha value is -0.760. The van der Waals surface area contributed by atoms with Crippen molar-refractivity contribution in [3.05, 3.63) is 23.7 Å². The standard InChI is InChI=1S/C13H23NO/c1-4-6-7-8-12(14-5-2)13-10-9-11(3)15-13/h9-10,12,14H,4-8H2,1-3H3. The van der Waals surface area contributed by atoms with Crippen LogP contribution in [0.25, 0.3) is 0 Å². The van der Waals surface area contributed by atoms with E-state index in [0.29, 0.717) is 6.04 Å². The number of furan rings is 1. The van der Waals surface area contributed by atoms with Gasteiger partial charge in [0.1, 0.15) is 11.5 Å². The molecule has 0 aliphatic carbocycles. The van der Waals surface area contributed by atoms with Gasteiger partial charge in [0.2, 0.25) is 0 Å². The SMILES string of the molecule is CCCCCC(NCC)c1ccc(C)o1. The highest BCUT2D eigenvalue weighted by Gasteiger charge is 2.12. The third-order valence-electron chi connectivity index (χ3n) is 2.65. The molecule has 86 valence electrons. The Morgan fingerprint density at radius 2 is 2.07 bits per heavy atom. The third kappa shape index (κ3) is 4.08. The molecule has 1 unspecified atom stereocenters. The van der Waals surface area contributed by atoms with E-state index in [2.05, 4.69) is 25.2 Å². The molecule has 1 heterocycles. The minimum absolute atomic E-state index is 0.398. The fourth-order valence-corrected chi connectivity index (χ4v) is 1.83. The molecule has 15 heavy (non-hydrogen) atoms. The van der Waals surface area contributed by atoms with Crippen LogP contribution in [0.1, 0.15) is 57.1 Å². The molecule has 0 aliphatic heterocycles. The maximum Gasteiger partial charge on any atom is 0.121 e. The van der Waals surface area contributed by atoms with Crippen molar-refractivity contribution in [1.82, 2.24) is 5.32 Å². The van der Waals surface area contributed by atoms with Gasteiger partial charge >= 0.3 is 0 Å². The summed E-state index contributed by atoms with van der Waals surface area (Å²) in [4.78, 5) is 0. The number of unbranched alkanes of at least 4 members (excludes halogenated alkanes) is 2. The Morgan fingerprint density at radius 3 is 2.60 bits per heavy atom. The van der Waals surface area contributed by atoms with Gasteiger partial charge in [0.15, 0.2) is 0 Å². The lowest BCUT2D eigenvalue weighted by atomic mass is 10.1. The molecule has 2 nitrogen and oxygen atoms in total. The van der Waals surface area contributed by atoms with Crippen molar-refractivity contribution in [3.8, 4) is 0 Å². The van der Waals surface area contributed by atoms with Gasteiger partial charge in [0, 0.05) is 0 Å². The maximum absolute atomic E-state index is 5.67. The van der Waals surface area contributed by atoms with Gasteiger partial charge in [0.25, 0.3) is 0 Å². The first-order chi connectivity index (χ1) is 7.27. The van der Waals surface area contributed by atoms with Gasteiger partial charge in [-0.1, -0.05) is 33.1 Å². The van der Waals surface area contributed by atoms with E-state index in [1.54, 1.807) is 0 Å². The molecular weight excluding hydrogens is 186 g/mol. The van der Waals surface area contributed by atoms with Crippen molar-refractivity contribution in [2.75, 3.05) is 6.54 Å². The number of hydrogen-bond acceptors (Lipinski definition) is 2. The number of aryl methyl sites for hydroxylation is 1. The van der Waals surface area contributed by atoms with E-state index in [-0.39, 0.29) is 0 Å². The van der Waals surface area contributed by atoms with Crippen LogP contribution < -0.4 is 5.32 Å². The minimum Gasteiger partial charge on any atom is -0.465 e. The molecule has 1 rings (SSSR count). The van der Waals surface area contributed by atoms with Crippen molar-refractivity contribution >= 4 is 0 Å². The number of hydrogen-bond donors (Lipinski definition) is 1. The van der Waals surface area contributed by atoms with Gasteiger partial charge in [-0.05, 0) is 32.0 Å². The van der Waals surface area contributed by atoms with Crippen LogP contribution in [0.4, 0.5) is 0 Å². The predicted octanol–water partition coefficient (Wildman–Crippen LogP) is 3.82. The fourth-order valence-electron chi connectivity index (χ4n) is 1.83. The normalized spacial score (nSPS) is 13.0. The largest absolute Gasteiger partial charge is 0.465 e. The topological polar surface area (TPSA) is 25.2 Å². The van der Waals surface area contributed by atoms with Crippen molar-refractivity contribution in [1.29, 1.82) is 0 Å². The summed E-state index contributed by atoms with van der Waals surface area (Å²) in [5.74, 6) is 2.09. The summed E-state index contributed by atoms with van der Waals surface area (Å²) in [5, 5.41) is 3.48. The minimum atomic E-state index is 0.398. The first-order valence-corrected chi connectivity index (χ1v) is 6.07. The molecule has 0 radical (unpaired) electrons. The molecule has 0 saturated carbocycles. The molecule has 1 aromatic heterocycles. The second kappa shape index (κ2) is 6.67. The Bertz CT molecular complexity index is 267. The van der Waals surface area contributed by atoms with Gasteiger partial charge in [0.05, 0.1) is 6.04 Å². The molecule has 1 atom stereocenters. The first kappa shape index (κ1) is 12.3. The Labute approximate surface area is 93.1 Å². The third-order valence-corrected chi connectivity index (χ3v) is 2.65. The molecule has 0 amide bonds. The molecular formula is C13H23NO. The van der Waals surface area contributed by atoms with Gasteiger partial charge in [-0.25, -0.2) is 0 Å². The van der Waals surface area contributed by atoms with Crippen LogP contribution in [0.2, 0.25) is 0 Å². The molecule has 0 saturated heterocycles. The lowest BCUT2D eigenvalue weighted by molar-refractivity contribution is 0.381. The highest BCUT2D eigenvalue weighted by Crippen LogP contribution is 2.21. The maximum atomic E-state index is 5.67. The van der Waals surface area contributed by atoms with E-state index < -0.39 is 0 Å². The second-order valence-corrected chi connectivity index (χ2v) is 4.05. The average molecular weight is 209 g/mol. The Balaban J connectivity index is 2.49. The number of nitrogens with one attached hydrogen (secondary N) is 1. The van der Waals surface area contributed by atoms with E-state index in [4.69, 9.17) is 4.42 Å². The van der Waals surface area contributed by atoms with Crippen molar-refractivity contribution in [2.45, 2.75) is 52.5 Å². The van der Waals surface area contributed by atoms with Gasteiger partial charge < -0.3 is 9.73 Å². The van der Waals surface area contributed by atoms with E-state index in [9.17, 15) is 0 Å². The Kier molecular flexibility index (Phi) is 5.48. The fraction of sp³-hybridized carbons (Fsp3) is 0.692. The zero-order chi connectivity index (χ0) is 11.1. The van der Waals surface area contributed by atoms with Crippen LogP contribution in [-0.4, -0.2) is 6.54 Å². The van der Waals surface area contributed by atoms with Gasteiger partial charge in [-0.3, -0.25) is 0 Å². The average Bonchev–Trinajstić information content (AvgIpc) is 2.64. The molecule has 0 aromatic carbocycles. The predicted molar refractivity (Wildman–Crippen MR) is 64.0 cm³/mol. The lowest BCUT2D eigenvalue weighted by Gasteiger charge is -2.15. The van der Waals surface area contributed by atoms with Crippen LogP contribution in [0.5, 0.6) is 0 Å². The summed E-state index contributed by atoms with van der Waals surface area (Å²) in [5.41, 5.74) is 0. The van der Waals surface area contributed by atoms with Crippen molar-refractivity contribution in [3.63, 3.8) is 0 Å². The smallest absolute Gasteiger partial charge is 0.121 e. The summed E-state index contributed by atoms with van der Waals surface area (Å²) >= 11 is 0. The monoisotopic (exact) mass is 209 g/mol. The van der Waals surface area contributed by atoms with Crippen LogP contribution in [0.3, 0.4) is 0 Å². The first-order valence-electron chi connectivity index (χ1n) is 6.07. The van der Waals surface area contributed by atoms with Crippen LogP contribution in [-0.2, 0) is 0 Å². The van der Waals surface area contributed by atoms with E-state index in [0.717, 1.165) is 18.1 Å². The molecule has 0 spiro atoms. The van der Waals surface area contributed by atoms with E-state index >= 15 is 0 Å². The summed E-state index contributed by atoms with van der Waals surface area (Å²) in [6, 6.07) is 4.53. The van der Waals surface area contributed by atoms with Crippen LogP contribution >= 0.6 is 0 Å². The summed E-state index contributed by atoms with van der Waals surface area (Å²) in [7, 11) is 0. The second-order valence-electron chi connectivity index (χ2n) is 4.05. The summed E-state index contributed by atoms with van der Waals surface area (Å²) in [6.45, 7) is 7.37. The quantitative estimate of drug-likeness (QED) is 0.691. The molecule has 0 bridgehead atoms.